The lowest BCUT2D eigenvalue weighted by Crippen LogP contribution is -2.36. The Morgan fingerprint density at radius 1 is 0.578 bits per heavy atom. The van der Waals surface area contributed by atoms with E-state index in [0.29, 0.717) is 32.7 Å². The molecule has 6 aromatic rings. The second kappa shape index (κ2) is 21.5. The van der Waals surface area contributed by atoms with Crippen LogP contribution in [0.5, 0.6) is 5.75 Å². The first-order valence-electron chi connectivity index (χ1n) is 22.0. The highest BCUT2D eigenvalue weighted by Gasteiger charge is 2.44. The fraction of sp³-hybridized carbons (Fsp3) is 0.412. The number of hydrogen-bond donors (Lipinski definition) is 0. The zero-order chi connectivity index (χ0) is 45.4. The average molecular weight is 957 g/mol. The molecule has 1 aliphatic heterocycles. The van der Waals surface area contributed by atoms with E-state index in [4.69, 9.17) is 14.7 Å². The summed E-state index contributed by atoms with van der Waals surface area (Å²) < 4.78 is 10.8. The average Bonchev–Trinajstić information content (AvgIpc) is 4.13. The Morgan fingerprint density at radius 2 is 1.05 bits per heavy atom. The third kappa shape index (κ3) is 11.4. The summed E-state index contributed by atoms with van der Waals surface area (Å²) in [6, 6.07) is 20.2. The first-order chi connectivity index (χ1) is 30.9. The van der Waals surface area contributed by atoms with Gasteiger partial charge in [0.25, 0.3) is 0 Å². The van der Waals surface area contributed by atoms with Gasteiger partial charge in [-0.05, 0) is 91.8 Å². The number of hydrogen-bond acceptors (Lipinski definition) is 13. The van der Waals surface area contributed by atoms with E-state index >= 15 is 0 Å². The molecular formula is C51H52N6OS6. The van der Waals surface area contributed by atoms with Gasteiger partial charge in [0, 0.05) is 38.0 Å². The molecule has 7 rings (SSSR count). The Hall–Kier alpha value is -4.70. The van der Waals surface area contributed by atoms with Crippen molar-refractivity contribution in [2.75, 3.05) is 0 Å². The molecule has 0 radical (unpaired) electrons. The zero-order valence-electron chi connectivity index (χ0n) is 37.2. The van der Waals surface area contributed by atoms with Gasteiger partial charge in [-0.15, -0.1) is 68.0 Å². The minimum atomic E-state index is -0.469. The van der Waals surface area contributed by atoms with Gasteiger partial charge in [-0.1, -0.05) is 80.1 Å². The number of thiophene rings is 4. The Balaban J connectivity index is 1.28. The molecule has 0 amide bonds. The van der Waals surface area contributed by atoms with Gasteiger partial charge in [-0.3, -0.25) is 0 Å². The van der Waals surface area contributed by atoms with Crippen molar-refractivity contribution < 1.29 is 4.74 Å². The molecule has 328 valence electrons. The van der Waals surface area contributed by atoms with Crippen LogP contribution < -0.4 is 22.9 Å². The van der Waals surface area contributed by atoms with Gasteiger partial charge in [0.15, 0.2) is 0 Å². The molecule has 0 spiro atoms. The van der Waals surface area contributed by atoms with E-state index in [9.17, 15) is 21.0 Å². The van der Waals surface area contributed by atoms with Gasteiger partial charge >= 0.3 is 0 Å². The van der Waals surface area contributed by atoms with Crippen molar-refractivity contribution in [3.8, 4) is 59.3 Å². The summed E-state index contributed by atoms with van der Waals surface area (Å²) in [6.07, 6.45) is 19.5. The molecule has 7 nitrogen and oxygen atoms in total. The first-order valence-corrected chi connectivity index (χ1v) is 26.9. The van der Waals surface area contributed by atoms with E-state index in [1.54, 1.807) is 34.0 Å². The molecule has 2 unspecified atom stereocenters. The highest BCUT2D eigenvalue weighted by molar-refractivity contribution is 7.29. The highest BCUT2D eigenvalue weighted by atomic mass is 32.1. The number of ether oxygens (including phenoxy) is 1. The zero-order valence-corrected chi connectivity index (χ0v) is 42.1. The van der Waals surface area contributed by atoms with Crippen LogP contribution in [0, 0.1) is 69.0 Å². The van der Waals surface area contributed by atoms with Crippen LogP contribution in [0.3, 0.4) is 0 Å². The molecule has 6 aromatic heterocycles. The maximum Gasteiger partial charge on any atom is 0.146 e. The molecule has 1 aliphatic rings. The largest absolute Gasteiger partial charge is 0.481 e. The second-order valence-corrected chi connectivity index (χ2v) is 24.2. The molecule has 0 saturated heterocycles. The van der Waals surface area contributed by atoms with Gasteiger partial charge in [-0.25, -0.2) is 9.97 Å². The first kappa shape index (κ1) is 47.3. The van der Waals surface area contributed by atoms with Gasteiger partial charge in [-0.2, -0.15) is 21.0 Å². The number of nitrogens with zero attached hydrogens (tertiary/aromatic N) is 6. The van der Waals surface area contributed by atoms with E-state index in [-0.39, 0.29) is 11.1 Å². The van der Waals surface area contributed by atoms with Crippen LogP contribution in [0.4, 0.5) is 0 Å². The second-order valence-electron chi connectivity index (χ2n) is 17.7. The molecule has 0 bridgehead atoms. The van der Waals surface area contributed by atoms with Crippen LogP contribution in [0.15, 0.2) is 48.8 Å². The van der Waals surface area contributed by atoms with Crippen molar-refractivity contribution in [3.63, 3.8) is 0 Å². The summed E-state index contributed by atoms with van der Waals surface area (Å²) in [6.45, 7) is 14.1. The molecule has 0 N–H and O–H groups in total. The van der Waals surface area contributed by atoms with Crippen LogP contribution >= 0.6 is 68.0 Å². The van der Waals surface area contributed by atoms with E-state index in [0.717, 1.165) is 70.0 Å². The van der Waals surface area contributed by atoms with E-state index in [1.807, 2.05) is 84.4 Å². The summed E-state index contributed by atoms with van der Waals surface area (Å²) in [5.74, 6) is 3.56. The predicted molar refractivity (Wildman–Crippen MR) is 270 cm³/mol. The Kier molecular flexibility index (Phi) is 15.9. The van der Waals surface area contributed by atoms with Crippen molar-refractivity contribution in [2.45, 2.75) is 111 Å². The van der Waals surface area contributed by atoms with Crippen molar-refractivity contribution >= 4 is 91.3 Å². The Labute approximate surface area is 401 Å². The van der Waals surface area contributed by atoms with Crippen molar-refractivity contribution in [1.29, 1.82) is 21.0 Å². The molecular weight excluding hydrogens is 905 g/mol. The molecule has 13 heteroatoms. The van der Waals surface area contributed by atoms with E-state index < -0.39 is 5.60 Å². The number of thiazole rings is 2. The van der Waals surface area contributed by atoms with Crippen LogP contribution in [-0.4, -0.2) is 9.97 Å². The van der Waals surface area contributed by atoms with Crippen molar-refractivity contribution in [3.05, 3.63) is 82.5 Å². The van der Waals surface area contributed by atoms with Crippen LogP contribution in [-0.2, 0) is 5.60 Å². The number of rotatable bonds is 18. The summed E-state index contributed by atoms with van der Waals surface area (Å²) in [5, 5.41) is 39.2. The third-order valence-corrected chi connectivity index (χ3v) is 18.5. The molecule has 0 aromatic carbocycles. The van der Waals surface area contributed by atoms with Crippen molar-refractivity contribution in [1.82, 2.24) is 9.97 Å². The van der Waals surface area contributed by atoms with Crippen LogP contribution in [0.25, 0.3) is 52.6 Å². The molecule has 0 aliphatic carbocycles. The standard InChI is InChI=1S/C51H52N6OS6/c1-31(2)9-7-11-33(5)17-19-51(20-18-34(6)12-8-10-32(3)4)39-23-43(45-29-56-47(61-45)21-37-13-15-41(59-37)35(25-52)26-53)63-49(39)50-40(58-51)24-44(64-50)46-30-57-48(62-46)22-38-14-16-42(60-38)36(27-54)28-55/h13-16,21-24,29-34H,7-12,17-20H2,1-6H3/b37-21+,38-22+. The summed E-state index contributed by atoms with van der Waals surface area (Å²) >= 11 is 9.75. The lowest BCUT2D eigenvalue weighted by atomic mass is 9.78. The van der Waals surface area contributed by atoms with Gasteiger partial charge in [0.05, 0.1) is 33.5 Å². The normalized spacial score (nSPS) is 15.8. The number of fused-ring (bicyclic) bond motifs is 3. The quantitative estimate of drug-likeness (QED) is 0.0838. The molecule has 0 fully saturated rings. The maximum atomic E-state index is 9.39. The van der Waals surface area contributed by atoms with Crippen LogP contribution in [0.2, 0.25) is 0 Å². The summed E-state index contributed by atoms with van der Waals surface area (Å²) in [4.78, 5) is 16.6. The number of aromatic nitrogens is 2. The lowest BCUT2D eigenvalue weighted by Gasteiger charge is -2.39. The van der Waals surface area contributed by atoms with Crippen LogP contribution in [0.1, 0.15) is 121 Å². The van der Waals surface area contributed by atoms with E-state index in [1.165, 1.54) is 76.5 Å². The fourth-order valence-corrected chi connectivity index (χ4v) is 14.4. The van der Waals surface area contributed by atoms with E-state index in [2.05, 4.69) is 53.7 Å². The monoisotopic (exact) mass is 956 g/mol. The predicted octanol–water partition coefficient (Wildman–Crippen LogP) is 13.0. The molecule has 64 heavy (non-hydrogen) atoms. The lowest BCUT2D eigenvalue weighted by molar-refractivity contribution is 0.0324. The maximum absolute atomic E-state index is 9.39. The van der Waals surface area contributed by atoms with Gasteiger partial charge < -0.3 is 4.74 Å². The highest BCUT2D eigenvalue weighted by Crippen LogP contribution is 2.59. The number of nitriles is 4. The van der Waals surface area contributed by atoms with Gasteiger partial charge in [0.2, 0.25) is 0 Å². The van der Waals surface area contributed by atoms with Gasteiger partial charge in [0.1, 0.15) is 56.8 Å². The Morgan fingerprint density at radius 3 is 1.52 bits per heavy atom. The fourth-order valence-electron chi connectivity index (χ4n) is 8.09. The summed E-state index contributed by atoms with van der Waals surface area (Å²) in [5.41, 5.74) is 1.07. The molecule has 7 heterocycles. The third-order valence-electron chi connectivity index (χ3n) is 11.7. The topological polar surface area (TPSA) is 130 Å². The molecule has 2 atom stereocenters. The minimum Gasteiger partial charge on any atom is -0.481 e. The molecule has 0 saturated carbocycles. The van der Waals surface area contributed by atoms with Crippen molar-refractivity contribution in [2.24, 2.45) is 23.7 Å². The minimum absolute atomic E-state index is 0.121. The Bertz CT molecular complexity index is 2960. The smallest absolute Gasteiger partial charge is 0.146 e. The SMILES string of the molecule is CC(C)CCCC(C)CCC1(CCC(C)CCCC(C)C)Oc2cc(-c3cnc(/C=c4\ccc(=C(C#N)C#N)s4)s3)sc2-c2sc(-c3cnc(/C=c4\ccc(=C(C#N)C#N)s4)s3)cc21. The summed E-state index contributed by atoms with van der Waals surface area (Å²) in [7, 11) is 0.